The summed E-state index contributed by atoms with van der Waals surface area (Å²) in [5, 5.41) is 0. The van der Waals surface area contributed by atoms with Gasteiger partial charge in [0.25, 0.3) is 0 Å². The molecule has 4 heteroatoms. The van der Waals surface area contributed by atoms with Gasteiger partial charge in [-0.2, -0.15) is 0 Å². The molecule has 0 unspecified atom stereocenters. The molecular weight excluding hydrogens is 238 g/mol. The van der Waals surface area contributed by atoms with Crippen LogP contribution in [0, 0.1) is 0 Å². The van der Waals surface area contributed by atoms with E-state index in [-0.39, 0.29) is 0 Å². The van der Waals surface area contributed by atoms with E-state index in [2.05, 4.69) is 29.0 Å². The molecule has 2 N–H and O–H groups in total. The minimum atomic E-state index is 0.627. The smallest absolute Gasteiger partial charge is 0.119 e. The molecule has 0 spiro atoms. The predicted octanol–water partition coefficient (Wildman–Crippen LogP) is 1.55. The van der Waals surface area contributed by atoms with Gasteiger partial charge < -0.3 is 20.3 Å². The van der Waals surface area contributed by atoms with Gasteiger partial charge in [0.15, 0.2) is 0 Å². The molecule has 1 fully saturated rings. The van der Waals surface area contributed by atoms with E-state index in [0.717, 1.165) is 31.9 Å². The zero-order valence-electron chi connectivity index (χ0n) is 12.0. The number of nitrogens with two attached hydrogens (primary N) is 1. The summed E-state index contributed by atoms with van der Waals surface area (Å²) in [7, 11) is 3.89. The van der Waals surface area contributed by atoms with E-state index in [1.54, 1.807) is 7.11 Å². The summed E-state index contributed by atoms with van der Waals surface area (Å²) in [6.07, 6.45) is 2.42. The van der Waals surface area contributed by atoms with Crippen LogP contribution in [0.15, 0.2) is 24.3 Å². The second-order valence-corrected chi connectivity index (χ2v) is 5.17. The summed E-state index contributed by atoms with van der Waals surface area (Å²) in [5.74, 6) is 0.912. The number of nitrogens with zero attached hydrogens (tertiary/aromatic N) is 2. The summed E-state index contributed by atoms with van der Waals surface area (Å²) < 4.78 is 5.20. The number of anilines is 1. The highest BCUT2D eigenvalue weighted by Gasteiger charge is 2.22. The van der Waals surface area contributed by atoms with Crippen LogP contribution < -0.4 is 15.4 Å². The first-order valence-electron chi connectivity index (χ1n) is 7.04. The summed E-state index contributed by atoms with van der Waals surface area (Å²) >= 11 is 0. The Morgan fingerprint density at radius 1 is 1.26 bits per heavy atom. The summed E-state index contributed by atoms with van der Waals surface area (Å²) in [6, 6.07) is 8.93. The monoisotopic (exact) mass is 263 g/mol. The van der Waals surface area contributed by atoms with Crippen molar-refractivity contribution in [1.82, 2.24) is 4.90 Å². The molecule has 1 aromatic carbocycles. The van der Waals surface area contributed by atoms with Crippen LogP contribution in [0.5, 0.6) is 5.75 Å². The van der Waals surface area contributed by atoms with Gasteiger partial charge >= 0.3 is 0 Å². The van der Waals surface area contributed by atoms with Crippen LogP contribution in [0.2, 0.25) is 0 Å². The Balaban J connectivity index is 1.91. The first-order valence-corrected chi connectivity index (χ1v) is 7.04. The van der Waals surface area contributed by atoms with Crippen molar-refractivity contribution >= 4 is 5.69 Å². The number of piperidine rings is 1. The number of rotatable bonds is 5. The number of hydrogen-bond acceptors (Lipinski definition) is 4. The molecule has 0 aromatic heterocycles. The number of ether oxygens (including phenoxy) is 1. The van der Waals surface area contributed by atoms with Gasteiger partial charge in [-0.15, -0.1) is 0 Å². The number of hydrogen-bond donors (Lipinski definition) is 1. The summed E-state index contributed by atoms with van der Waals surface area (Å²) in [4.78, 5) is 4.84. The van der Waals surface area contributed by atoms with Gasteiger partial charge in [-0.1, -0.05) is 0 Å². The Labute approximate surface area is 116 Å². The maximum absolute atomic E-state index is 5.61. The third-order valence-corrected chi connectivity index (χ3v) is 4.03. The lowest BCUT2D eigenvalue weighted by Crippen LogP contribution is -2.44. The van der Waals surface area contributed by atoms with Crippen LogP contribution in [0.4, 0.5) is 5.69 Å². The van der Waals surface area contributed by atoms with Crippen molar-refractivity contribution in [3.05, 3.63) is 24.3 Å². The minimum Gasteiger partial charge on any atom is -0.497 e. The Bertz CT molecular complexity index is 371. The Morgan fingerprint density at radius 3 is 2.42 bits per heavy atom. The zero-order valence-corrected chi connectivity index (χ0v) is 12.0. The van der Waals surface area contributed by atoms with E-state index in [0.29, 0.717) is 6.04 Å². The Hall–Kier alpha value is -1.26. The van der Waals surface area contributed by atoms with Crippen LogP contribution in [0.1, 0.15) is 12.8 Å². The van der Waals surface area contributed by atoms with Gasteiger partial charge in [0, 0.05) is 45.0 Å². The average Bonchev–Trinajstić information content (AvgIpc) is 2.48. The number of methoxy groups -OCH3 is 1. The van der Waals surface area contributed by atoms with E-state index in [1.165, 1.54) is 18.5 Å². The van der Waals surface area contributed by atoms with Crippen molar-refractivity contribution in [2.45, 2.75) is 18.9 Å². The molecule has 19 heavy (non-hydrogen) atoms. The largest absolute Gasteiger partial charge is 0.497 e. The summed E-state index contributed by atoms with van der Waals surface area (Å²) in [6.45, 7) is 4.10. The molecule has 0 bridgehead atoms. The fraction of sp³-hybridized carbons (Fsp3) is 0.600. The molecule has 1 aliphatic rings. The van der Waals surface area contributed by atoms with Crippen molar-refractivity contribution < 1.29 is 4.74 Å². The highest BCUT2D eigenvalue weighted by atomic mass is 16.5. The van der Waals surface area contributed by atoms with Crippen molar-refractivity contribution in [2.24, 2.45) is 5.73 Å². The van der Waals surface area contributed by atoms with Gasteiger partial charge in [0.2, 0.25) is 0 Å². The maximum Gasteiger partial charge on any atom is 0.119 e. The van der Waals surface area contributed by atoms with Crippen LogP contribution in [-0.4, -0.2) is 51.3 Å². The van der Waals surface area contributed by atoms with Crippen LogP contribution >= 0.6 is 0 Å². The highest BCUT2D eigenvalue weighted by molar-refractivity contribution is 5.49. The fourth-order valence-electron chi connectivity index (χ4n) is 2.74. The molecule has 0 atom stereocenters. The lowest BCUT2D eigenvalue weighted by Gasteiger charge is -2.37. The summed E-state index contributed by atoms with van der Waals surface area (Å²) in [5.41, 5.74) is 6.87. The van der Waals surface area contributed by atoms with E-state index >= 15 is 0 Å². The molecule has 0 aliphatic carbocycles. The first-order chi connectivity index (χ1) is 9.24. The molecule has 106 valence electrons. The van der Waals surface area contributed by atoms with Gasteiger partial charge in [-0.3, -0.25) is 0 Å². The van der Waals surface area contributed by atoms with Crippen molar-refractivity contribution in [2.75, 3.05) is 45.2 Å². The molecule has 1 aromatic rings. The lowest BCUT2D eigenvalue weighted by atomic mass is 10.0. The molecule has 0 saturated carbocycles. The molecular formula is C15H25N3O. The van der Waals surface area contributed by atoms with E-state index < -0.39 is 0 Å². The van der Waals surface area contributed by atoms with Crippen LogP contribution in [-0.2, 0) is 0 Å². The molecule has 1 aliphatic heterocycles. The van der Waals surface area contributed by atoms with Crippen LogP contribution in [0.25, 0.3) is 0 Å². The third-order valence-electron chi connectivity index (χ3n) is 4.03. The standard InChI is InChI=1S/C15H25N3O/c1-17(13-3-5-15(19-2)6-4-13)14-7-10-18(11-8-14)12-9-16/h3-6,14H,7-12,16H2,1-2H3. The third kappa shape index (κ3) is 3.61. The van der Waals surface area contributed by atoms with E-state index in [9.17, 15) is 0 Å². The fourth-order valence-corrected chi connectivity index (χ4v) is 2.74. The topological polar surface area (TPSA) is 41.7 Å². The molecule has 1 saturated heterocycles. The van der Waals surface area contributed by atoms with Gasteiger partial charge in [0.05, 0.1) is 7.11 Å². The van der Waals surface area contributed by atoms with E-state index in [4.69, 9.17) is 10.5 Å². The van der Waals surface area contributed by atoms with Gasteiger partial charge in [-0.05, 0) is 37.1 Å². The predicted molar refractivity (Wildman–Crippen MR) is 79.9 cm³/mol. The van der Waals surface area contributed by atoms with Crippen molar-refractivity contribution in [1.29, 1.82) is 0 Å². The minimum absolute atomic E-state index is 0.627. The Morgan fingerprint density at radius 2 is 1.89 bits per heavy atom. The first kappa shape index (κ1) is 14.2. The van der Waals surface area contributed by atoms with Gasteiger partial charge in [-0.25, -0.2) is 0 Å². The van der Waals surface area contributed by atoms with Gasteiger partial charge in [0.1, 0.15) is 5.75 Å². The lowest BCUT2D eigenvalue weighted by molar-refractivity contribution is 0.216. The van der Waals surface area contributed by atoms with E-state index in [1.807, 2.05) is 12.1 Å². The van der Waals surface area contributed by atoms with Crippen molar-refractivity contribution in [3.8, 4) is 5.75 Å². The number of benzene rings is 1. The Kier molecular flexibility index (Phi) is 5.05. The number of likely N-dealkylation sites (tertiary alicyclic amines) is 1. The van der Waals surface area contributed by atoms with Crippen molar-refractivity contribution in [3.63, 3.8) is 0 Å². The molecule has 0 radical (unpaired) electrons. The second kappa shape index (κ2) is 6.78. The molecule has 4 nitrogen and oxygen atoms in total. The maximum atomic E-state index is 5.61. The molecule has 2 rings (SSSR count). The SMILES string of the molecule is COc1ccc(N(C)C2CCN(CCN)CC2)cc1. The quantitative estimate of drug-likeness (QED) is 0.875. The normalized spacial score (nSPS) is 17.4. The second-order valence-electron chi connectivity index (χ2n) is 5.17. The molecule has 0 amide bonds. The highest BCUT2D eigenvalue weighted by Crippen LogP contribution is 2.24. The zero-order chi connectivity index (χ0) is 13.7. The molecule has 1 heterocycles. The average molecular weight is 263 g/mol. The van der Waals surface area contributed by atoms with Crippen LogP contribution in [0.3, 0.4) is 0 Å².